The van der Waals surface area contributed by atoms with Gasteiger partial charge in [0.1, 0.15) is 5.75 Å². The summed E-state index contributed by atoms with van der Waals surface area (Å²) >= 11 is 0. The van der Waals surface area contributed by atoms with Crippen molar-refractivity contribution >= 4 is 5.91 Å². The number of hydrogen-bond donors (Lipinski definition) is 1. The number of nitrogens with one attached hydrogen (secondary N) is 1. The fourth-order valence-corrected chi connectivity index (χ4v) is 2.78. The topological polar surface area (TPSA) is 69.0 Å². The van der Waals surface area contributed by atoms with Gasteiger partial charge in [-0.1, -0.05) is 36.4 Å². The molecule has 0 aliphatic carbocycles. The van der Waals surface area contributed by atoms with Gasteiger partial charge in [0, 0.05) is 12.0 Å². The highest BCUT2D eigenvalue weighted by molar-refractivity contribution is 5.92. The molecule has 1 N–H and O–H groups in total. The molecule has 120 valence electrons. The molecule has 1 aliphatic heterocycles. The van der Waals surface area contributed by atoms with Gasteiger partial charge in [0.2, 0.25) is 0 Å². The Morgan fingerprint density at radius 3 is 2.79 bits per heavy atom. The van der Waals surface area contributed by atoms with E-state index in [0.717, 1.165) is 23.4 Å². The van der Waals surface area contributed by atoms with Crippen LogP contribution >= 0.6 is 0 Å². The molecule has 1 atom stereocenters. The fourth-order valence-electron chi connectivity index (χ4n) is 2.78. The highest BCUT2D eigenvalue weighted by Gasteiger charge is 2.24. The van der Waals surface area contributed by atoms with Crippen molar-refractivity contribution in [2.24, 2.45) is 0 Å². The van der Waals surface area contributed by atoms with Crippen molar-refractivity contribution in [3.8, 4) is 11.4 Å². The molecular weight excluding hydrogens is 304 g/mol. The first-order valence-corrected chi connectivity index (χ1v) is 7.81. The smallest absolute Gasteiger partial charge is 0.273 e. The molecule has 2 heterocycles. The highest BCUT2D eigenvalue weighted by Crippen LogP contribution is 2.31. The molecule has 0 spiro atoms. The van der Waals surface area contributed by atoms with Gasteiger partial charge in [-0.25, -0.2) is 0 Å². The zero-order valence-electron chi connectivity index (χ0n) is 12.9. The van der Waals surface area contributed by atoms with Crippen LogP contribution in [0.5, 0.6) is 5.75 Å². The molecule has 3 aromatic rings. The van der Waals surface area contributed by atoms with Gasteiger partial charge in [-0.3, -0.25) is 4.79 Å². The third-order valence-corrected chi connectivity index (χ3v) is 3.98. The van der Waals surface area contributed by atoms with Crippen LogP contribution in [0, 0.1) is 0 Å². The molecular formula is C18H16N4O2. The number of amides is 1. The number of rotatable bonds is 3. The minimum absolute atomic E-state index is 0.0793. The molecule has 1 amide bonds. The maximum atomic E-state index is 12.5. The number of aromatic nitrogens is 3. The predicted molar refractivity (Wildman–Crippen MR) is 88.1 cm³/mol. The molecule has 0 bridgehead atoms. The van der Waals surface area contributed by atoms with Crippen molar-refractivity contribution in [3.05, 3.63) is 72.1 Å². The predicted octanol–water partition coefficient (Wildman–Crippen LogP) is 2.52. The number of para-hydroxylation sites is 2. The normalized spacial score (nSPS) is 16.1. The maximum Gasteiger partial charge on any atom is 0.273 e. The second-order valence-corrected chi connectivity index (χ2v) is 5.56. The number of benzene rings is 2. The van der Waals surface area contributed by atoms with Gasteiger partial charge in [0.15, 0.2) is 5.69 Å². The van der Waals surface area contributed by atoms with E-state index in [1.165, 1.54) is 11.0 Å². The van der Waals surface area contributed by atoms with E-state index in [-0.39, 0.29) is 11.9 Å². The van der Waals surface area contributed by atoms with E-state index in [9.17, 15) is 4.79 Å². The zero-order chi connectivity index (χ0) is 16.4. The lowest BCUT2D eigenvalue weighted by atomic mass is 10.0. The van der Waals surface area contributed by atoms with E-state index in [4.69, 9.17) is 4.74 Å². The van der Waals surface area contributed by atoms with Crippen LogP contribution in [0.4, 0.5) is 0 Å². The lowest BCUT2D eigenvalue weighted by Gasteiger charge is -2.26. The third kappa shape index (κ3) is 2.74. The van der Waals surface area contributed by atoms with Crippen LogP contribution in [-0.4, -0.2) is 27.5 Å². The van der Waals surface area contributed by atoms with Crippen LogP contribution in [0.15, 0.2) is 60.8 Å². The first-order valence-electron chi connectivity index (χ1n) is 7.81. The van der Waals surface area contributed by atoms with Crippen molar-refractivity contribution < 1.29 is 9.53 Å². The first kappa shape index (κ1) is 14.4. The average Bonchev–Trinajstić information content (AvgIpc) is 3.13. The molecule has 6 nitrogen and oxygen atoms in total. The number of hydrogen-bond acceptors (Lipinski definition) is 4. The second-order valence-electron chi connectivity index (χ2n) is 5.56. The quantitative estimate of drug-likeness (QED) is 0.805. The van der Waals surface area contributed by atoms with E-state index in [1.807, 2.05) is 54.6 Å². The average molecular weight is 320 g/mol. The fraction of sp³-hybridized carbons (Fsp3) is 0.167. The number of fused-ring (bicyclic) bond motifs is 1. The number of carbonyl (C=O) groups excluding carboxylic acids is 1. The van der Waals surface area contributed by atoms with Gasteiger partial charge in [-0.05, 0) is 18.2 Å². The molecule has 0 unspecified atom stereocenters. The molecule has 0 radical (unpaired) electrons. The Hall–Kier alpha value is -3.15. The van der Waals surface area contributed by atoms with Crippen LogP contribution in [0.2, 0.25) is 0 Å². The van der Waals surface area contributed by atoms with E-state index >= 15 is 0 Å². The van der Waals surface area contributed by atoms with Gasteiger partial charge in [-0.15, -0.1) is 5.10 Å². The Labute approximate surface area is 139 Å². The zero-order valence-corrected chi connectivity index (χ0v) is 12.9. The minimum Gasteiger partial charge on any atom is -0.493 e. The molecule has 4 rings (SSSR count). The second kappa shape index (κ2) is 6.16. The standard InChI is InChI=1S/C18H16N4O2/c23-18(16-12-19-22(21-16)13-6-2-1-3-7-13)20-15-10-11-24-17-9-5-4-8-14(15)17/h1-9,12,15H,10-11H2,(H,20,23)/t15-/m0/s1. The van der Waals surface area contributed by atoms with Gasteiger partial charge in [-0.2, -0.15) is 9.90 Å². The van der Waals surface area contributed by atoms with Crippen LogP contribution < -0.4 is 10.1 Å². The van der Waals surface area contributed by atoms with Gasteiger partial charge >= 0.3 is 0 Å². The summed E-state index contributed by atoms with van der Waals surface area (Å²) in [5.41, 5.74) is 2.10. The van der Waals surface area contributed by atoms with Crippen LogP contribution in [0.1, 0.15) is 28.5 Å². The lowest BCUT2D eigenvalue weighted by molar-refractivity contribution is 0.0919. The largest absolute Gasteiger partial charge is 0.493 e. The summed E-state index contributed by atoms with van der Waals surface area (Å²) in [6.45, 7) is 0.582. The molecule has 0 saturated heterocycles. The first-order chi connectivity index (χ1) is 11.8. The molecule has 1 aliphatic rings. The van der Waals surface area contributed by atoms with Crippen LogP contribution in [0.3, 0.4) is 0 Å². The Morgan fingerprint density at radius 2 is 1.92 bits per heavy atom. The lowest BCUT2D eigenvalue weighted by Crippen LogP contribution is -2.32. The van der Waals surface area contributed by atoms with Crippen molar-refractivity contribution in [1.82, 2.24) is 20.3 Å². The Balaban J connectivity index is 1.53. The van der Waals surface area contributed by atoms with Gasteiger partial charge in [0.05, 0.1) is 24.5 Å². The summed E-state index contributed by atoms with van der Waals surface area (Å²) in [6, 6.07) is 17.2. The Bertz CT molecular complexity index is 860. The summed E-state index contributed by atoms with van der Waals surface area (Å²) in [5.74, 6) is 0.584. The summed E-state index contributed by atoms with van der Waals surface area (Å²) in [6.07, 6.45) is 2.21. The molecule has 6 heteroatoms. The van der Waals surface area contributed by atoms with E-state index in [0.29, 0.717) is 12.3 Å². The Kier molecular flexibility index (Phi) is 3.70. The third-order valence-electron chi connectivity index (χ3n) is 3.98. The summed E-state index contributed by atoms with van der Waals surface area (Å²) in [4.78, 5) is 14.0. The monoisotopic (exact) mass is 320 g/mol. The van der Waals surface area contributed by atoms with Crippen molar-refractivity contribution in [2.45, 2.75) is 12.5 Å². The van der Waals surface area contributed by atoms with Crippen molar-refractivity contribution in [2.75, 3.05) is 6.61 Å². The Morgan fingerprint density at radius 1 is 1.12 bits per heavy atom. The van der Waals surface area contributed by atoms with Gasteiger partial charge < -0.3 is 10.1 Å². The number of ether oxygens (including phenoxy) is 1. The highest BCUT2D eigenvalue weighted by atomic mass is 16.5. The van der Waals surface area contributed by atoms with E-state index in [1.54, 1.807) is 0 Å². The van der Waals surface area contributed by atoms with Gasteiger partial charge in [0.25, 0.3) is 5.91 Å². The van der Waals surface area contributed by atoms with E-state index in [2.05, 4.69) is 15.5 Å². The van der Waals surface area contributed by atoms with Crippen molar-refractivity contribution in [1.29, 1.82) is 0 Å². The molecule has 0 fully saturated rings. The van der Waals surface area contributed by atoms with Crippen molar-refractivity contribution in [3.63, 3.8) is 0 Å². The molecule has 24 heavy (non-hydrogen) atoms. The minimum atomic E-state index is -0.237. The van der Waals surface area contributed by atoms with Crippen LogP contribution in [0.25, 0.3) is 5.69 Å². The van der Waals surface area contributed by atoms with E-state index < -0.39 is 0 Å². The summed E-state index contributed by atoms with van der Waals surface area (Å²) in [7, 11) is 0. The maximum absolute atomic E-state index is 12.5. The van der Waals surface area contributed by atoms with Crippen LogP contribution in [-0.2, 0) is 0 Å². The number of carbonyl (C=O) groups is 1. The summed E-state index contributed by atoms with van der Waals surface area (Å²) in [5, 5.41) is 11.5. The molecule has 1 aromatic heterocycles. The summed E-state index contributed by atoms with van der Waals surface area (Å²) < 4.78 is 5.62. The number of nitrogens with zero attached hydrogens (tertiary/aromatic N) is 3. The SMILES string of the molecule is O=C(N[C@H]1CCOc2ccccc21)c1cnn(-c2ccccc2)n1. The molecule has 0 saturated carbocycles. The molecule has 2 aromatic carbocycles.